The zero-order chi connectivity index (χ0) is 18.7. The van der Waals surface area contributed by atoms with Crippen molar-refractivity contribution in [3.05, 3.63) is 70.3 Å². The van der Waals surface area contributed by atoms with Crippen LogP contribution in [0.1, 0.15) is 41.4 Å². The number of primary amides is 2. The third-order valence-corrected chi connectivity index (χ3v) is 3.15. The van der Waals surface area contributed by atoms with Gasteiger partial charge in [0.2, 0.25) is 0 Å². The highest BCUT2D eigenvalue weighted by Gasteiger charge is 2.26. The fraction of sp³-hybridized carbons (Fsp3) is 0. The highest BCUT2D eigenvalue weighted by Crippen LogP contribution is 2.18. The molecular formula is C16H10F2N2O5. The van der Waals surface area contributed by atoms with Gasteiger partial charge in [-0.3, -0.25) is 9.59 Å². The summed E-state index contributed by atoms with van der Waals surface area (Å²) in [4.78, 5) is 46.6. The van der Waals surface area contributed by atoms with Crippen molar-refractivity contribution in [3.63, 3.8) is 0 Å². The molecule has 2 aromatic carbocycles. The quantitative estimate of drug-likeness (QED) is 0.632. The Bertz CT molecular complexity index is 838. The molecule has 0 aliphatic rings. The minimum absolute atomic E-state index is 0.599. The summed E-state index contributed by atoms with van der Waals surface area (Å²) in [6.45, 7) is 0. The van der Waals surface area contributed by atoms with E-state index in [9.17, 15) is 28.0 Å². The second kappa shape index (κ2) is 6.87. The summed E-state index contributed by atoms with van der Waals surface area (Å²) >= 11 is 0. The van der Waals surface area contributed by atoms with E-state index in [0.29, 0.717) is 0 Å². The molecule has 2 amide bonds. The van der Waals surface area contributed by atoms with Crippen LogP contribution in [-0.4, -0.2) is 23.8 Å². The first-order chi connectivity index (χ1) is 11.7. The number of ether oxygens (including phenoxy) is 1. The number of nitrogens with two attached hydrogens (primary N) is 2. The Morgan fingerprint density at radius 2 is 1.08 bits per heavy atom. The zero-order valence-electron chi connectivity index (χ0n) is 12.4. The van der Waals surface area contributed by atoms with Gasteiger partial charge in [0.15, 0.2) is 0 Å². The van der Waals surface area contributed by atoms with Gasteiger partial charge in [0, 0.05) is 0 Å². The Hall–Kier alpha value is -3.62. The summed E-state index contributed by atoms with van der Waals surface area (Å²) in [6, 6.07) is 5.99. The van der Waals surface area contributed by atoms with Gasteiger partial charge in [-0.15, -0.1) is 0 Å². The summed E-state index contributed by atoms with van der Waals surface area (Å²) < 4.78 is 31.8. The topological polar surface area (TPSA) is 130 Å². The molecule has 2 rings (SSSR count). The van der Waals surface area contributed by atoms with Crippen molar-refractivity contribution in [2.75, 3.05) is 0 Å². The largest absolute Gasteiger partial charge is 0.386 e. The third-order valence-electron chi connectivity index (χ3n) is 3.15. The van der Waals surface area contributed by atoms with Crippen molar-refractivity contribution in [3.8, 4) is 0 Å². The van der Waals surface area contributed by atoms with Gasteiger partial charge >= 0.3 is 11.9 Å². The molecule has 9 heteroatoms. The van der Waals surface area contributed by atoms with Crippen LogP contribution in [0.25, 0.3) is 0 Å². The van der Waals surface area contributed by atoms with Crippen LogP contribution in [-0.2, 0) is 4.74 Å². The molecular weight excluding hydrogens is 338 g/mol. The summed E-state index contributed by atoms with van der Waals surface area (Å²) in [7, 11) is 0. The number of hydrogen-bond donors (Lipinski definition) is 2. The highest BCUT2D eigenvalue weighted by molar-refractivity contribution is 6.11. The van der Waals surface area contributed by atoms with E-state index in [1.165, 1.54) is 0 Å². The third kappa shape index (κ3) is 3.50. The number of esters is 2. The molecule has 0 aliphatic carbocycles. The lowest BCUT2D eigenvalue weighted by molar-refractivity contribution is 0.0392. The lowest BCUT2D eigenvalue weighted by Crippen LogP contribution is -2.23. The minimum Gasteiger partial charge on any atom is -0.386 e. The van der Waals surface area contributed by atoms with E-state index < -0.39 is 57.6 Å². The van der Waals surface area contributed by atoms with Crippen LogP contribution in [0.4, 0.5) is 8.78 Å². The molecule has 128 valence electrons. The number of carbonyl (C=O) groups excluding carboxylic acids is 4. The van der Waals surface area contributed by atoms with Gasteiger partial charge in [0.05, 0.1) is 22.3 Å². The summed E-state index contributed by atoms with van der Waals surface area (Å²) in [5.41, 5.74) is 7.26. The average molecular weight is 348 g/mol. The first-order valence-corrected chi connectivity index (χ1v) is 6.67. The Kier molecular flexibility index (Phi) is 4.87. The van der Waals surface area contributed by atoms with E-state index in [4.69, 9.17) is 11.5 Å². The van der Waals surface area contributed by atoms with E-state index in [2.05, 4.69) is 4.74 Å². The maximum absolute atomic E-state index is 13.6. The molecule has 0 aromatic heterocycles. The molecule has 7 nitrogen and oxygen atoms in total. The normalized spacial score (nSPS) is 10.2. The van der Waals surface area contributed by atoms with Gasteiger partial charge in [-0.2, -0.15) is 0 Å². The van der Waals surface area contributed by atoms with Gasteiger partial charge in [-0.05, 0) is 24.3 Å². The number of amides is 2. The minimum atomic E-state index is -1.40. The van der Waals surface area contributed by atoms with E-state index >= 15 is 0 Å². The molecule has 4 N–H and O–H groups in total. The second-order valence-electron chi connectivity index (χ2n) is 4.73. The zero-order valence-corrected chi connectivity index (χ0v) is 12.4. The highest BCUT2D eigenvalue weighted by atomic mass is 19.1. The van der Waals surface area contributed by atoms with Crippen molar-refractivity contribution in [2.45, 2.75) is 0 Å². The first kappa shape index (κ1) is 17.7. The van der Waals surface area contributed by atoms with Crippen LogP contribution in [0.5, 0.6) is 0 Å². The molecule has 0 atom stereocenters. The van der Waals surface area contributed by atoms with Crippen molar-refractivity contribution in [1.82, 2.24) is 0 Å². The predicted molar refractivity (Wildman–Crippen MR) is 79.6 cm³/mol. The molecule has 25 heavy (non-hydrogen) atoms. The predicted octanol–water partition coefficient (Wildman–Crippen LogP) is 1.16. The first-order valence-electron chi connectivity index (χ1n) is 6.67. The lowest BCUT2D eigenvalue weighted by atomic mass is 10.1. The maximum Gasteiger partial charge on any atom is 0.346 e. The molecule has 0 fully saturated rings. The van der Waals surface area contributed by atoms with E-state index in [1.807, 2.05) is 0 Å². The average Bonchev–Trinajstić information content (AvgIpc) is 2.53. The number of rotatable bonds is 4. The van der Waals surface area contributed by atoms with Crippen LogP contribution >= 0.6 is 0 Å². The second-order valence-corrected chi connectivity index (χ2v) is 4.73. The van der Waals surface area contributed by atoms with Crippen LogP contribution in [0.3, 0.4) is 0 Å². The van der Waals surface area contributed by atoms with Crippen molar-refractivity contribution < 1.29 is 32.7 Å². The van der Waals surface area contributed by atoms with Gasteiger partial charge in [0.25, 0.3) is 11.8 Å². The fourth-order valence-electron chi connectivity index (χ4n) is 2.08. The van der Waals surface area contributed by atoms with Crippen molar-refractivity contribution in [1.29, 1.82) is 0 Å². The number of hydrogen-bond acceptors (Lipinski definition) is 5. The lowest BCUT2D eigenvalue weighted by Gasteiger charge is -2.09. The Labute approximate surface area is 139 Å². The Morgan fingerprint density at radius 1 is 0.720 bits per heavy atom. The maximum atomic E-state index is 13.6. The molecule has 0 unspecified atom stereocenters. The Balaban J connectivity index is 2.39. The van der Waals surface area contributed by atoms with Gasteiger partial charge < -0.3 is 16.2 Å². The molecule has 0 radical (unpaired) electrons. The van der Waals surface area contributed by atoms with Gasteiger partial charge in [-0.1, -0.05) is 12.1 Å². The molecule has 0 heterocycles. The number of benzene rings is 2. The van der Waals surface area contributed by atoms with E-state index in [0.717, 1.165) is 36.4 Å². The van der Waals surface area contributed by atoms with Crippen LogP contribution in [0.2, 0.25) is 0 Å². The summed E-state index contributed by atoms with van der Waals surface area (Å²) in [6.07, 6.45) is 0. The van der Waals surface area contributed by atoms with Crippen LogP contribution < -0.4 is 11.5 Å². The smallest absolute Gasteiger partial charge is 0.346 e. The monoisotopic (exact) mass is 348 g/mol. The number of halogens is 2. The molecule has 2 aromatic rings. The number of carbonyl (C=O) groups is 4. The summed E-state index contributed by atoms with van der Waals surface area (Å²) in [5.74, 6) is -7.48. The van der Waals surface area contributed by atoms with Crippen molar-refractivity contribution in [2.24, 2.45) is 11.5 Å². The molecule has 0 aliphatic heterocycles. The van der Waals surface area contributed by atoms with E-state index in [1.54, 1.807) is 0 Å². The van der Waals surface area contributed by atoms with Crippen LogP contribution in [0.15, 0.2) is 36.4 Å². The standard InChI is InChI=1S/C16H10F2N2O5/c17-9-5-1-3-7(11(9)13(19)21)15(23)25-16(24)8-4-2-6-10(18)12(8)14(20)22/h1-6H,(H2,19,21)(H2,20,22). The molecule has 0 saturated carbocycles. The van der Waals surface area contributed by atoms with Gasteiger partial charge in [-0.25, -0.2) is 18.4 Å². The molecule has 0 spiro atoms. The van der Waals surface area contributed by atoms with Gasteiger partial charge in [0.1, 0.15) is 11.6 Å². The van der Waals surface area contributed by atoms with Crippen LogP contribution in [0, 0.1) is 11.6 Å². The Morgan fingerprint density at radius 3 is 1.40 bits per heavy atom. The summed E-state index contributed by atoms with van der Waals surface area (Å²) in [5, 5.41) is 0. The molecule has 0 bridgehead atoms. The SMILES string of the molecule is NC(=O)c1c(F)cccc1C(=O)OC(=O)c1cccc(F)c1C(N)=O. The van der Waals surface area contributed by atoms with Crippen molar-refractivity contribution >= 4 is 23.8 Å². The fourth-order valence-corrected chi connectivity index (χ4v) is 2.08. The molecule has 0 saturated heterocycles. The van der Waals surface area contributed by atoms with E-state index in [-0.39, 0.29) is 0 Å².